The molecule has 0 amide bonds. The van der Waals surface area contributed by atoms with Crippen molar-refractivity contribution in [2.75, 3.05) is 0 Å². The highest BCUT2D eigenvalue weighted by Crippen LogP contribution is 2.36. The minimum atomic E-state index is -0.413. The van der Waals surface area contributed by atoms with E-state index in [4.69, 9.17) is 4.74 Å². The number of carbonyl (C=O) groups is 1. The van der Waals surface area contributed by atoms with Crippen LogP contribution in [0.1, 0.15) is 54.4 Å². The molecule has 0 saturated carbocycles. The van der Waals surface area contributed by atoms with Crippen molar-refractivity contribution in [1.29, 1.82) is 0 Å². The summed E-state index contributed by atoms with van der Waals surface area (Å²) in [5.74, 6) is -0.112. The van der Waals surface area contributed by atoms with E-state index in [0.29, 0.717) is 0 Å². The molecule has 92 valence electrons. The van der Waals surface area contributed by atoms with Crippen molar-refractivity contribution in [2.45, 2.75) is 60.5 Å². The Hall–Kier alpha value is -0.790. The molecule has 0 N–H and O–H groups in total. The van der Waals surface area contributed by atoms with E-state index in [1.807, 2.05) is 20.8 Å². The van der Waals surface area contributed by atoms with Crippen LogP contribution in [0.2, 0.25) is 0 Å². The smallest absolute Gasteiger partial charge is 0.311 e. The summed E-state index contributed by atoms with van der Waals surface area (Å²) in [6.45, 7) is 12.2. The summed E-state index contributed by atoms with van der Waals surface area (Å²) in [6.07, 6.45) is 4.06. The van der Waals surface area contributed by atoms with Gasteiger partial charge in [0, 0.05) is 0 Å². The monoisotopic (exact) mass is 224 g/mol. The van der Waals surface area contributed by atoms with Gasteiger partial charge in [0.25, 0.3) is 0 Å². The Morgan fingerprint density at radius 1 is 1.44 bits per heavy atom. The third-order valence-electron chi connectivity index (χ3n) is 2.85. The molecular weight excluding hydrogens is 200 g/mol. The van der Waals surface area contributed by atoms with E-state index in [0.717, 1.165) is 12.8 Å². The molecule has 0 aliphatic heterocycles. The number of rotatable bonds is 1. The maximum atomic E-state index is 11.8. The molecule has 0 fully saturated rings. The first kappa shape index (κ1) is 13.3. The second kappa shape index (κ2) is 4.23. The van der Waals surface area contributed by atoms with E-state index in [9.17, 15) is 4.79 Å². The van der Waals surface area contributed by atoms with E-state index in [-0.39, 0.29) is 17.5 Å². The van der Waals surface area contributed by atoms with E-state index < -0.39 is 5.41 Å². The highest BCUT2D eigenvalue weighted by atomic mass is 16.5. The van der Waals surface area contributed by atoms with Crippen molar-refractivity contribution >= 4 is 5.97 Å². The van der Waals surface area contributed by atoms with Gasteiger partial charge >= 0.3 is 5.97 Å². The topological polar surface area (TPSA) is 26.3 Å². The summed E-state index contributed by atoms with van der Waals surface area (Å²) in [4.78, 5) is 11.8. The fourth-order valence-corrected chi connectivity index (χ4v) is 2.20. The molecule has 2 heteroatoms. The average Bonchev–Trinajstić information content (AvgIpc) is 1.97. The van der Waals surface area contributed by atoms with Crippen molar-refractivity contribution in [3.8, 4) is 0 Å². The van der Waals surface area contributed by atoms with Gasteiger partial charge in [-0.1, -0.05) is 19.4 Å². The third kappa shape index (κ3) is 3.66. The lowest BCUT2D eigenvalue weighted by Gasteiger charge is -2.34. The van der Waals surface area contributed by atoms with Crippen LogP contribution in [0.5, 0.6) is 0 Å². The van der Waals surface area contributed by atoms with Crippen LogP contribution in [0.25, 0.3) is 0 Å². The van der Waals surface area contributed by atoms with Crippen LogP contribution in [0, 0.1) is 10.8 Å². The lowest BCUT2D eigenvalue weighted by molar-refractivity contribution is -0.157. The Kier molecular flexibility index (Phi) is 3.51. The van der Waals surface area contributed by atoms with Gasteiger partial charge in [-0.05, 0) is 52.0 Å². The van der Waals surface area contributed by atoms with Gasteiger partial charge in [-0.2, -0.15) is 0 Å². The second-order valence-corrected chi connectivity index (χ2v) is 6.75. The Balaban J connectivity index is 2.69. The number of ether oxygens (including phenoxy) is 1. The van der Waals surface area contributed by atoms with E-state index in [1.54, 1.807) is 0 Å². The lowest BCUT2D eigenvalue weighted by Crippen LogP contribution is -2.32. The van der Waals surface area contributed by atoms with Gasteiger partial charge in [-0.25, -0.2) is 0 Å². The zero-order chi connectivity index (χ0) is 12.6. The van der Waals surface area contributed by atoms with Crippen LogP contribution in [-0.2, 0) is 9.53 Å². The first-order valence-electron chi connectivity index (χ1n) is 5.98. The van der Waals surface area contributed by atoms with Gasteiger partial charge in [-0.3, -0.25) is 4.79 Å². The number of esters is 1. The van der Waals surface area contributed by atoms with Gasteiger partial charge in [0.2, 0.25) is 0 Å². The predicted octanol–water partition coefficient (Wildman–Crippen LogP) is 3.71. The summed E-state index contributed by atoms with van der Waals surface area (Å²) in [7, 11) is 0. The summed E-state index contributed by atoms with van der Waals surface area (Å²) in [6, 6.07) is 0. The SMILES string of the molecule is CC1=CC(OC(=O)C(C)(C)C)CC(C)(C)C1. The van der Waals surface area contributed by atoms with Gasteiger partial charge in [0.15, 0.2) is 0 Å². The van der Waals surface area contributed by atoms with Gasteiger partial charge in [-0.15, -0.1) is 0 Å². The summed E-state index contributed by atoms with van der Waals surface area (Å²) >= 11 is 0. The molecule has 1 atom stereocenters. The van der Waals surface area contributed by atoms with Gasteiger partial charge in [0.1, 0.15) is 6.10 Å². The quantitative estimate of drug-likeness (QED) is 0.501. The zero-order valence-corrected chi connectivity index (χ0v) is 11.4. The highest BCUT2D eigenvalue weighted by Gasteiger charge is 2.32. The fourth-order valence-electron chi connectivity index (χ4n) is 2.20. The standard InChI is InChI=1S/C14H24O2/c1-10-7-11(9-14(5,6)8-10)16-12(15)13(2,3)4/h7,11H,8-9H2,1-6H3. The molecule has 0 radical (unpaired) electrons. The van der Waals surface area contributed by atoms with Crippen LogP contribution < -0.4 is 0 Å². The normalized spacial score (nSPS) is 24.9. The molecule has 2 nitrogen and oxygen atoms in total. The zero-order valence-electron chi connectivity index (χ0n) is 11.4. The van der Waals surface area contributed by atoms with Gasteiger partial charge < -0.3 is 4.74 Å². The molecule has 0 bridgehead atoms. The van der Waals surface area contributed by atoms with E-state index in [1.165, 1.54) is 5.57 Å². The van der Waals surface area contributed by atoms with E-state index in [2.05, 4.69) is 26.8 Å². The van der Waals surface area contributed by atoms with Crippen LogP contribution in [0.15, 0.2) is 11.6 Å². The molecular formula is C14H24O2. The van der Waals surface area contributed by atoms with Crippen molar-refractivity contribution in [3.63, 3.8) is 0 Å². The molecule has 1 unspecified atom stereocenters. The first-order valence-corrected chi connectivity index (χ1v) is 5.98. The van der Waals surface area contributed by atoms with Crippen LogP contribution in [0.3, 0.4) is 0 Å². The first-order chi connectivity index (χ1) is 7.10. The Morgan fingerprint density at radius 3 is 2.44 bits per heavy atom. The summed E-state index contributed by atoms with van der Waals surface area (Å²) in [5, 5.41) is 0. The second-order valence-electron chi connectivity index (χ2n) is 6.75. The Labute approximate surface area is 99.1 Å². The number of hydrogen-bond acceptors (Lipinski definition) is 2. The number of allylic oxidation sites excluding steroid dienone is 1. The molecule has 1 rings (SSSR count). The minimum absolute atomic E-state index is 0.0459. The molecule has 0 aromatic heterocycles. The Bertz CT molecular complexity index is 305. The molecule has 0 spiro atoms. The largest absolute Gasteiger partial charge is 0.458 e. The summed E-state index contributed by atoms with van der Waals surface area (Å²) in [5.41, 5.74) is 1.15. The van der Waals surface area contributed by atoms with Crippen LogP contribution >= 0.6 is 0 Å². The molecule has 16 heavy (non-hydrogen) atoms. The highest BCUT2D eigenvalue weighted by molar-refractivity contribution is 5.75. The maximum Gasteiger partial charge on any atom is 0.311 e. The number of carbonyl (C=O) groups excluding carboxylic acids is 1. The molecule has 0 heterocycles. The molecule has 0 aromatic carbocycles. The van der Waals surface area contributed by atoms with Gasteiger partial charge in [0.05, 0.1) is 5.41 Å². The fraction of sp³-hybridized carbons (Fsp3) is 0.786. The summed E-state index contributed by atoms with van der Waals surface area (Å²) < 4.78 is 5.55. The average molecular weight is 224 g/mol. The van der Waals surface area contributed by atoms with Crippen molar-refractivity contribution in [1.82, 2.24) is 0 Å². The third-order valence-corrected chi connectivity index (χ3v) is 2.85. The van der Waals surface area contributed by atoms with Crippen molar-refractivity contribution < 1.29 is 9.53 Å². The van der Waals surface area contributed by atoms with Crippen LogP contribution in [0.4, 0.5) is 0 Å². The van der Waals surface area contributed by atoms with Crippen molar-refractivity contribution in [3.05, 3.63) is 11.6 Å². The predicted molar refractivity (Wildman–Crippen MR) is 66.1 cm³/mol. The van der Waals surface area contributed by atoms with Crippen LogP contribution in [-0.4, -0.2) is 12.1 Å². The Morgan fingerprint density at radius 2 is 2.00 bits per heavy atom. The van der Waals surface area contributed by atoms with Crippen molar-refractivity contribution in [2.24, 2.45) is 10.8 Å². The molecule has 0 saturated heterocycles. The molecule has 1 aliphatic rings. The molecule has 0 aromatic rings. The minimum Gasteiger partial charge on any atom is -0.458 e. The molecule has 1 aliphatic carbocycles. The van der Waals surface area contributed by atoms with E-state index >= 15 is 0 Å². The maximum absolute atomic E-state index is 11.8. The lowest BCUT2D eigenvalue weighted by atomic mass is 9.76. The number of hydrogen-bond donors (Lipinski definition) is 0.